The van der Waals surface area contributed by atoms with Crippen molar-refractivity contribution >= 4 is 5.69 Å². The molecular weight excluding hydrogens is 414 g/mol. The van der Waals surface area contributed by atoms with Crippen molar-refractivity contribution in [2.75, 3.05) is 44.2 Å². The van der Waals surface area contributed by atoms with Crippen molar-refractivity contribution < 1.29 is 13.5 Å². The van der Waals surface area contributed by atoms with Gasteiger partial charge in [-0.05, 0) is 30.3 Å². The lowest BCUT2D eigenvalue weighted by Gasteiger charge is -2.35. The fraction of sp³-hybridized carbons (Fsp3) is 0.435. The summed E-state index contributed by atoms with van der Waals surface area (Å²) in [6.07, 6.45) is 0.691. The number of halogens is 2. The Morgan fingerprint density at radius 1 is 1.06 bits per heavy atom. The number of nitrogens with zero attached hydrogens (tertiary/aromatic N) is 6. The van der Waals surface area contributed by atoms with Crippen molar-refractivity contribution in [1.29, 1.82) is 0 Å². The average molecular weight is 440 g/mol. The van der Waals surface area contributed by atoms with Crippen LogP contribution in [0.3, 0.4) is 0 Å². The maximum atomic E-state index is 14.3. The maximum absolute atomic E-state index is 14.3. The zero-order valence-corrected chi connectivity index (χ0v) is 18.0. The van der Waals surface area contributed by atoms with Crippen LogP contribution in [-0.4, -0.2) is 64.4 Å². The number of aromatic nitrogens is 4. The molecule has 0 bridgehead atoms. The molecular formula is C23H26F2N6O. The van der Waals surface area contributed by atoms with Crippen LogP contribution in [0.5, 0.6) is 0 Å². The van der Waals surface area contributed by atoms with Crippen LogP contribution in [0.25, 0.3) is 0 Å². The van der Waals surface area contributed by atoms with E-state index in [0.29, 0.717) is 24.4 Å². The summed E-state index contributed by atoms with van der Waals surface area (Å²) in [7, 11) is 0. The number of tetrazole rings is 1. The highest BCUT2D eigenvalue weighted by atomic mass is 19.1. The van der Waals surface area contributed by atoms with Gasteiger partial charge in [0.1, 0.15) is 23.3 Å². The van der Waals surface area contributed by atoms with Gasteiger partial charge in [0.2, 0.25) is 0 Å². The third-order valence-corrected chi connectivity index (χ3v) is 6.48. The fourth-order valence-electron chi connectivity index (χ4n) is 4.37. The van der Waals surface area contributed by atoms with Crippen LogP contribution >= 0.6 is 0 Å². The number of ether oxygens (including phenoxy) is 1. The minimum Gasteiger partial charge on any atom is -0.369 e. The van der Waals surface area contributed by atoms with Crippen molar-refractivity contribution in [3.05, 3.63) is 71.6 Å². The highest BCUT2D eigenvalue weighted by Gasteiger charge is 2.54. The summed E-state index contributed by atoms with van der Waals surface area (Å²) in [5.74, 6) is -0.581. The smallest absolute Gasteiger partial charge is 0.176 e. The van der Waals surface area contributed by atoms with Gasteiger partial charge in [0, 0.05) is 56.5 Å². The molecule has 0 radical (unpaired) electrons. The van der Waals surface area contributed by atoms with Crippen LogP contribution in [0.15, 0.2) is 48.5 Å². The van der Waals surface area contributed by atoms with Gasteiger partial charge in [-0.1, -0.05) is 24.3 Å². The molecule has 7 nitrogen and oxygen atoms in total. The molecule has 0 N–H and O–H groups in total. The van der Waals surface area contributed by atoms with Crippen LogP contribution in [0, 0.1) is 11.6 Å². The molecule has 1 aromatic heterocycles. The molecule has 2 aliphatic heterocycles. The first kappa shape index (κ1) is 21.0. The summed E-state index contributed by atoms with van der Waals surface area (Å²) >= 11 is 0. The van der Waals surface area contributed by atoms with Gasteiger partial charge in [0.25, 0.3) is 0 Å². The molecule has 5 rings (SSSR count). The number of anilines is 1. The van der Waals surface area contributed by atoms with Crippen molar-refractivity contribution in [2.24, 2.45) is 0 Å². The van der Waals surface area contributed by atoms with Crippen molar-refractivity contribution in [3.63, 3.8) is 0 Å². The SMILES string of the molecule is CC(n1nnc(CCN2CCN(c3ccccc3)CC2)n1)C1(c2ccc(F)cc2F)CO1. The quantitative estimate of drug-likeness (QED) is 0.527. The van der Waals surface area contributed by atoms with E-state index in [1.165, 1.54) is 22.6 Å². The number of benzene rings is 2. The standard InChI is InChI=1S/C23H26F2N6O/c1-17(23(16-32-23)20-8-7-18(24)15-21(20)25)31-27-22(26-28-31)9-10-29-11-13-30(14-12-29)19-5-3-2-4-6-19/h2-8,15,17H,9-14,16H2,1H3. The molecule has 3 heterocycles. The second-order valence-electron chi connectivity index (χ2n) is 8.42. The Bertz CT molecular complexity index is 1060. The monoisotopic (exact) mass is 440 g/mol. The summed E-state index contributed by atoms with van der Waals surface area (Å²) in [5.41, 5.74) is 0.699. The zero-order valence-electron chi connectivity index (χ0n) is 18.0. The molecule has 2 fully saturated rings. The molecule has 32 heavy (non-hydrogen) atoms. The molecule has 3 aromatic rings. The Morgan fingerprint density at radius 3 is 2.50 bits per heavy atom. The third kappa shape index (κ3) is 4.10. The number of hydrogen-bond acceptors (Lipinski definition) is 6. The first-order chi connectivity index (χ1) is 15.5. The van der Waals surface area contributed by atoms with Crippen LogP contribution in [0.4, 0.5) is 14.5 Å². The van der Waals surface area contributed by atoms with Gasteiger partial charge in [-0.15, -0.1) is 10.2 Å². The molecule has 0 aliphatic carbocycles. The van der Waals surface area contributed by atoms with Crippen LogP contribution in [0.1, 0.15) is 24.4 Å². The van der Waals surface area contributed by atoms with Gasteiger partial charge in [0.05, 0.1) is 6.61 Å². The van der Waals surface area contributed by atoms with Crippen LogP contribution in [-0.2, 0) is 16.8 Å². The summed E-state index contributed by atoms with van der Waals surface area (Å²) in [5, 5.41) is 12.9. The fourth-order valence-corrected chi connectivity index (χ4v) is 4.37. The van der Waals surface area contributed by atoms with E-state index in [-0.39, 0.29) is 6.04 Å². The average Bonchev–Trinajstić information content (AvgIpc) is 3.48. The number of epoxide rings is 1. The lowest BCUT2D eigenvalue weighted by Crippen LogP contribution is -2.47. The second kappa shape index (κ2) is 8.55. The van der Waals surface area contributed by atoms with E-state index in [1.54, 1.807) is 0 Å². The minimum atomic E-state index is -0.885. The van der Waals surface area contributed by atoms with Gasteiger partial charge < -0.3 is 9.64 Å². The van der Waals surface area contributed by atoms with Gasteiger partial charge in [0.15, 0.2) is 5.82 Å². The van der Waals surface area contributed by atoms with Gasteiger partial charge in [-0.25, -0.2) is 8.78 Å². The normalized spacial score (nSPS) is 22.2. The largest absolute Gasteiger partial charge is 0.369 e. The summed E-state index contributed by atoms with van der Waals surface area (Å²) in [6.45, 7) is 7.01. The van der Waals surface area contributed by atoms with Crippen LogP contribution < -0.4 is 4.90 Å². The second-order valence-corrected chi connectivity index (χ2v) is 8.42. The maximum Gasteiger partial charge on any atom is 0.176 e. The Kier molecular flexibility index (Phi) is 5.60. The van der Waals surface area contributed by atoms with E-state index >= 15 is 0 Å². The van der Waals surface area contributed by atoms with E-state index in [4.69, 9.17) is 4.74 Å². The lowest BCUT2D eigenvalue weighted by atomic mass is 9.93. The first-order valence-electron chi connectivity index (χ1n) is 11.0. The van der Waals surface area contributed by atoms with E-state index in [1.807, 2.05) is 13.0 Å². The minimum absolute atomic E-state index is 0.321. The molecule has 0 amide bonds. The Labute approximate surface area is 185 Å². The van der Waals surface area contributed by atoms with E-state index in [9.17, 15) is 8.78 Å². The third-order valence-electron chi connectivity index (χ3n) is 6.48. The van der Waals surface area contributed by atoms with Crippen molar-refractivity contribution in [1.82, 2.24) is 25.1 Å². The molecule has 2 aromatic carbocycles. The first-order valence-corrected chi connectivity index (χ1v) is 11.0. The Balaban J connectivity index is 1.17. The number of piperazine rings is 1. The summed E-state index contributed by atoms with van der Waals surface area (Å²) in [4.78, 5) is 6.29. The Hall–Kier alpha value is -2.91. The summed E-state index contributed by atoms with van der Waals surface area (Å²) < 4.78 is 33.3. The molecule has 2 saturated heterocycles. The topological polar surface area (TPSA) is 62.6 Å². The molecule has 2 aliphatic rings. The van der Waals surface area contributed by atoms with E-state index in [2.05, 4.69) is 49.5 Å². The summed E-state index contributed by atoms with van der Waals surface area (Å²) in [6, 6.07) is 13.7. The molecule has 0 spiro atoms. The molecule has 0 saturated carbocycles. The predicted molar refractivity (Wildman–Crippen MR) is 115 cm³/mol. The van der Waals surface area contributed by atoms with Gasteiger partial charge >= 0.3 is 0 Å². The van der Waals surface area contributed by atoms with Crippen molar-refractivity contribution in [2.45, 2.75) is 25.0 Å². The number of hydrogen-bond donors (Lipinski definition) is 0. The van der Waals surface area contributed by atoms with Gasteiger partial charge in [-0.2, -0.15) is 4.80 Å². The number of rotatable bonds is 7. The molecule has 2 atom stereocenters. The highest BCUT2D eigenvalue weighted by Crippen LogP contribution is 2.48. The van der Waals surface area contributed by atoms with E-state index < -0.39 is 17.2 Å². The Morgan fingerprint density at radius 2 is 1.81 bits per heavy atom. The number of para-hydroxylation sites is 1. The molecule has 168 valence electrons. The molecule has 9 heteroatoms. The molecule has 2 unspecified atom stereocenters. The van der Waals surface area contributed by atoms with E-state index in [0.717, 1.165) is 38.8 Å². The van der Waals surface area contributed by atoms with Crippen molar-refractivity contribution in [3.8, 4) is 0 Å². The lowest BCUT2D eigenvalue weighted by molar-refractivity contribution is 0.199. The predicted octanol–water partition coefficient (Wildman–Crippen LogP) is 2.80. The van der Waals surface area contributed by atoms with Crippen LogP contribution in [0.2, 0.25) is 0 Å². The zero-order chi connectivity index (χ0) is 22.1. The highest BCUT2D eigenvalue weighted by molar-refractivity contribution is 5.46. The van der Waals surface area contributed by atoms with Gasteiger partial charge in [-0.3, -0.25) is 4.90 Å².